The Labute approximate surface area is 191 Å². The van der Waals surface area contributed by atoms with Crippen molar-refractivity contribution in [2.24, 2.45) is 0 Å². The van der Waals surface area contributed by atoms with E-state index in [9.17, 15) is 21.9 Å². The van der Waals surface area contributed by atoms with Gasteiger partial charge < -0.3 is 10.6 Å². The molecule has 3 aromatic rings. The van der Waals surface area contributed by atoms with Gasteiger partial charge in [0.05, 0.1) is 29.1 Å². The Morgan fingerprint density at radius 2 is 2.00 bits per heavy atom. The van der Waals surface area contributed by atoms with Gasteiger partial charge in [-0.25, -0.2) is 4.98 Å². The Morgan fingerprint density at radius 1 is 1.21 bits per heavy atom. The second-order valence-corrected chi connectivity index (χ2v) is 7.94. The molecule has 4 rings (SSSR count). The van der Waals surface area contributed by atoms with E-state index in [2.05, 4.69) is 21.9 Å². The number of nitrogens with two attached hydrogens (primary N) is 1. The third-order valence-electron chi connectivity index (χ3n) is 5.15. The number of aromatic nitrogens is 3. The van der Waals surface area contributed by atoms with Gasteiger partial charge in [-0.1, -0.05) is 11.8 Å². The van der Waals surface area contributed by atoms with Crippen LogP contribution in [0.5, 0.6) is 0 Å². The largest absolute Gasteiger partial charge is 0.416 e. The second-order valence-electron chi connectivity index (χ2n) is 7.43. The van der Waals surface area contributed by atoms with Gasteiger partial charge in [-0.2, -0.15) is 22.2 Å². The molecule has 0 saturated carbocycles. The van der Waals surface area contributed by atoms with Gasteiger partial charge in [0.2, 0.25) is 0 Å². The van der Waals surface area contributed by atoms with E-state index in [0.717, 1.165) is 6.07 Å². The van der Waals surface area contributed by atoms with E-state index in [1.165, 1.54) is 29.4 Å². The number of amides is 1. The van der Waals surface area contributed by atoms with Gasteiger partial charge in [-0.05, 0) is 42.8 Å². The Kier molecular flexibility index (Phi) is 6.03. The molecule has 0 bridgehead atoms. The molecule has 2 N–H and O–H groups in total. The summed E-state index contributed by atoms with van der Waals surface area (Å²) in [5, 5.41) is 4.27. The van der Waals surface area contributed by atoms with Crippen molar-refractivity contribution in [3.63, 3.8) is 0 Å². The number of fused-ring (bicyclic) bond motifs is 1. The van der Waals surface area contributed by atoms with Gasteiger partial charge in [0.1, 0.15) is 11.5 Å². The number of hydrogen-bond acceptors (Lipinski definition) is 5. The molecule has 1 atom stereocenters. The highest BCUT2D eigenvalue weighted by atomic mass is 32.2. The standard InChI is InChI=1S/C22H17F4N5OS/c1-13-11-30(17-5-6-18(22(23,24)25)16(8-17)12-33-26)21(32)20-15(10-29-31(13)20)4-2-14-3-7-19(27)28-9-14/h3,5-10,13H,11-12H2,1H3,(H2,27,28). The summed E-state index contributed by atoms with van der Waals surface area (Å²) >= 11 is -0.209. The number of benzene rings is 1. The van der Waals surface area contributed by atoms with Crippen LogP contribution >= 0.6 is 12.1 Å². The number of halogens is 4. The zero-order valence-electron chi connectivity index (χ0n) is 17.2. The highest BCUT2D eigenvalue weighted by Gasteiger charge is 2.36. The maximum atomic E-state index is 13.3. The molecule has 33 heavy (non-hydrogen) atoms. The molecule has 11 heteroatoms. The zero-order valence-corrected chi connectivity index (χ0v) is 18.0. The molecule has 1 aromatic carbocycles. The second kappa shape index (κ2) is 8.78. The number of rotatable bonds is 3. The van der Waals surface area contributed by atoms with E-state index in [0.29, 0.717) is 16.9 Å². The van der Waals surface area contributed by atoms with E-state index < -0.39 is 23.4 Å². The third kappa shape index (κ3) is 4.52. The van der Waals surface area contributed by atoms with Crippen molar-refractivity contribution in [1.82, 2.24) is 14.8 Å². The normalized spacial score (nSPS) is 15.7. The highest BCUT2D eigenvalue weighted by molar-refractivity contribution is 7.93. The van der Waals surface area contributed by atoms with Crippen molar-refractivity contribution in [2.75, 3.05) is 17.2 Å². The number of carbonyl (C=O) groups excluding carboxylic acids is 1. The number of anilines is 2. The number of nitrogen functional groups attached to an aromatic ring is 1. The first-order valence-corrected chi connectivity index (χ1v) is 10.6. The van der Waals surface area contributed by atoms with Crippen LogP contribution < -0.4 is 10.6 Å². The molecule has 2 aromatic heterocycles. The molecule has 1 amide bonds. The third-order valence-corrected chi connectivity index (χ3v) is 5.57. The molecule has 170 valence electrons. The summed E-state index contributed by atoms with van der Waals surface area (Å²) in [6.45, 7) is 2.02. The molecule has 0 aliphatic carbocycles. The van der Waals surface area contributed by atoms with Gasteiger partial charge in [-0.15, -0.1) is 0 Å². The molecule has 0 fully saturated rings. The summed E-state index contributed by atoms with van der Waals surface area (Å²) in [7, 11) is 0. The molecule has 0 saturated heterocycles. The smallest absolute Gasteiger partial charge is 0.384 e. The van der Waals surface area contributed by atoms with Crippen LogP contribution in [0.3, 0.4) is 0 Å². The molecule has 0 radical (unpaired) electrons. The molecule has 1 aliphatic rings. The maximum absolute atomic E-state index is 13.3. The van der Waals surface area contributed by atoms with E-state index in [1.54, 1.807) is 16.8 Å². The van der Waals surface area contributed by atoms with E-state index in [1.807, 2.05) is 6.92 Å². The van der Waals surface area contributed by atoms with E-state index in [-0.39, 0.29) is 41.7 Å². The lowest BCUT2D eigenvalue weighted by molar-refractivity contribution is -0.138. The summed E-state index contributed by atoms with van der Waals surface area (Å²) < 4.78 is 54.3. The van der Waals surface area contributed by atoms with Crippen LogP contribution in [0.4, 0.5) is 28.6 Å². The topological polar surface area (TPSA) is 77.0 Å². The van der Waals surface area contributed by atoms with E-state index in [4.69, 9.17) is 5.73 Å². The SMILES string of the molecule is CC1CN(c2ccc(C(F)(F)F)c(CSF)c2)C(=O)c2c(C#Cc3ccc(N)nc3)cnn21. The van der Waals surface area contributed by atoms with Crippen molar-refractivity contribution in [3.05, 3.63) is 70.7 Å². The minimum absolute atomic E-state index is 0.190. The van der Waals surface area contributed by atoms with Gasteiger partial charge in [0, 0.05) is 36.1 Å². The Hall–Kier alpha value is -3.52. The molecule has 1 unspecified atom stereocenters. The first-order valence-electron chi connectivity index (χ1n) is 9.75. The minimum atomic E-state index is -4.62. The van der Waals surface area contributed by atoms with Crippen LogP contribution in [-0.4, -0.2) is 27.2 Å². The van der Waals surface area contributed by atoms with Crippen LogP contribution in [0.2, 0.25) is 0 Å². The fourth-order valence-electron chi connectivity index (χ4n) is 3.60. The minimum Gasteiger partial charge on any atom is -0.384 e. The van der Waals surface area contributed by atoms with Crippen molar-refractivity contribution < 1.29 is 21.9 Å². The highest BCUT2D eigenvalue weighted by Crippen LogP contribution is 2.37. The number of nitrogens with zero attached hydrogens (tertiary/aromatic N) is 4. The summed E-state index contributed by atoms with van der Waals surface area (Å²) in [5.41, 5.74) is 5.85. The van der Waals surface area contributed by atoms with Crippen LogP contribution in [0, 0.1) is 11.8 Å². The Balaban J connectivity index is 1.71. The maximum Gasteiger partial charge on any atom is 0.416 e. The van der Waals surface area contributed by atoms with E-state index >= 15 is 0 Å². The molecular weight excluding hydrogens is 458 g/mol. The van der Waals surface area contributed by atoms with Gasteiger partial charge >= 0.3 is 6.18 Å². The van der Waals surface area contributed by atoms with Crippen LogP contribution in [0.15, 0.2) is 42.7 Å². The first-order chi connectivity index (χ1) is 15.7. The summed E-state index contributed by atoms with van der Waals surface area (Å²) in [6.07, 6.45) is -1.65. The fourth-order valence-corrected chi connectivity index (χ4v) is 3.95. The Morgan fingerprint density at radius 3 is 2.67 bits per heavy atom. The number of carbonyl (C=O) groups is 1. The predicted molar refractivity (Wildman–Crippen MR) is 117 cm³/mol. The van der Waals surface area contributed by atoms with Crippen molar-refractivity contribution >= 4 is 29.6 Å². The fraction of sp³-hybridized carbons (Fsp3) is 0.227. The lowest BCUT2D eigenvalue weighted by Crippen LogP contribution is -2.43. The number of hydrogen-bond donors (Lipinski definition) is 1. The first kappa shape index (κ1) is 22.7. The molecule has 6 nitrogen and oxygen atoms in total. The van der Waals surface area contributed by atoms with Crippen molar-refractivity contribution in [1.29, 1.82) is 0 Å². The number of alkyl halides is 3. The quantitative estimate of drug-likeness (QED) is 0.442. The van der Waals surface area contributed by atoms with Crippen molar-refractivity contribution in [2.45, 2.75) is 24.9 Å². The summed E-state index contributed by atoms with van der Waals surface area (Å²) in [5.74, 6) is 5.23. The Bertz CT molecular complexity index is 1260. The summed E-state index contributed by atoms with van der Waals surface area (Å²) in [6, 6.07) is 6.33. The summed E-state index contributed by atoms with van der Waals surface area (Å²) in [4.78, 5) is 18.6. The van der Waals surface area contributed by atoms with Gasteiger partial charge in [-0.3, -0.25) is 9.48 Å². The van der Waals surface area contributed by atoms with Crippen LogP contribution in [0.25, 0.3) is 0 Å². The number of pyridine rings is 1. The zero-order chi connectivity index (χ0) is 23.8. The average molecular weight is 475 g/mol. The monoisotopic (exact) mass is 475 g/mol. The van der Waals surface area contributed by atoms with Gasteiger partial charge in [0.15, 0.2) is 0 Å². The molecule has 0 spiro atoms. The molecule has 1 aliphatic heterocycles. The molecule has 3 heterocycles. The average Bonchev–Trinajstić information content (AvgIpc) is 3.20. The predicted octanol–water partition coefficient (Wildman–Crippen LogP) is 4.62. The van der Waals surface area contributed by atoms with Crippen molar-refractivity contribution in [3.8, 4) is 11.8 Å². The lowest BCUT2D eigenvalue weighted by Gasteiger charge is -2.32. The molecular formula is C22H17F4N5OS. The lowest BCUT2D eigenvalue weighted by atomic mass is 10.0. The van der Waals surface area contributed by atoms with Gasteiger partial charge in [0.25, 0.3) is 5.91 Å². The van der Waals surface area contributed by atoms with Crippen LogP contribution in [0.1, 0.15) is 45.7 Å². The van der Waals surface area contributed by atoms with Crippen LogP contribution in [-0.2, 0) is 11.9 Å².